The van der Waals surface area contributed by atoms with Gasteiger partial charge in [0.1, 0.15) is 5.75 Å². The lowest BCUT2D eigenvalue weighted by Crippen LogP contribution is -2.40. The number of aromatic nitrogens is 3. The molecule has 34 heavy (non-hydrogen) atoms. The number of aliphatic imine (C=N–C) groups is 1. The number of benzene rings is 1. The fourth-order valence-electron chi connectivity index (χ4n) is 4.11. The predicted octanol–water partition coefficient (Wildman–Crippen LogP) is 4.93. The number of methoxy groups -OCH3 is 1. The highest BCUT2D eigenvalue weighted by atomic mass is 16.5. The van der Waals surface area contributed by atoms with Crippen molar-refractivity contribution in [1.82, 2.24) is 20.3 Å². The maximum atomic E-state index is 13.0. The first kappa shape index (κ1) is 25.2. The summed E-state index contributed by atoms with van der Waals surface area (Å²) in [6.45, 7) is 8.53. The Balaban J connectivity index is 1.78. The summed E-state index contributed by atoms with van der Waals surface area (Å²) in [5, 5.41) is 7.27. The number of fused-ring (bicyclic) bond motifs is 1. The van der Waals surface area contributed by atoms with E-state index >= 15 is 0 Å². The fraction of sp³-hybridized carbons (Fsp3) is 0.462. The lowest BCUT2D eigenvalue weighted by molar-refractivity contribution is -0.124. The highest BCUT2D eigenvalue weighted by Gasteiger charge is 2.19. The van der Waals surface area contributed by atoms with Crippen LogP contribution in [0.2, 0.25) is 0 Å². The van der Waals surface area contributed by atoms with E-state index in [-0.39, 0.29) is 11.8 Å². The number of carbonyl (C=O) groups excluding carboxylic acids is 1. The number of nitrogens with zero attached hydrogens (tertiary/aromatic N) is 3. The molecule has 0 radical (unpaired) electrons. The maximum absolute atomic E-state index is 13.0. The summed E-state index contributed by atoms with van der Waals surface area (Å²) in [4.78, 5) is 29.9. The first-order valence-electron chi connectivity index (χ1n) is 12.0. The SMILES string of the molecule is CCCC(CCC)C(=O)NC(=NCCc1c[nH]c2cc(OC)ccc12)Nc1nc(C)cc(C)n1. The Morgan fingerprint density at radius 2 is 1.82 bits per heavy atom. The van der Waals surface area contributed by atoms with Gasteiger partial charge in [0.15, 0.2) is 0 Å². The third kappa shape index (κ3) is 6.79. The number of hydrogen-bond acceptors (Lipinski definition) is 5. The van der Waals surface area contributed by atoms with Crippen molar-refractivity contribution in [2.24, 2.45) is 10.9 Å². The number of nitrogens with one attached hydrogen (secondary N) is 3. The molecule has 2 aromatic heterocycles. The number of hydrogen-bond donors (Lipinski definition) is 3. The zero-order valence-electron chi connectivity index (χ0n) is 20.9. The number of ether oxygens (including phenoxy) is 1. The molecular weight excluding hydrogens is 428 g/mol. The Labute approximate surface area is 201 Å². The van der Waals surface area contributed by atoms with Crippen molar-refractivity contribution < 1.29 is 9.53 Å². The minimum absolute atomic E-state index is 0.0153. The summed E-state index contributed by atoms with van der Waals surface area (Å²) in [5.41, 5.74) is 3.88. The smallest absolute Gasteiger partial charge is 0.229 e. The standard InChI is InChI=1S/C26H36N6O2/c1-6-8-19(9-7-2)24(33)31-25(32-26-29-17(3)14-18(4)30-26)27-13-12-20-16-28-23-15-21(34-5)10-11-22(20)23/h10-11,14-16,19,28H,6-9,12-13H2,1-5H3,(H2,27,29,30,31,32,33). The van der Waals surface area contributed by atoms with Crippen molar-refractivity contribution in [3.8, 4) is 5.75 Å². The number of amides is 1. The third-order valence-electron chi connectivity index (χ3n) is 5.72. The van der Waals surface area contributed by atoms with Gasteiger partial charge in [-0.05, 0) is 56.9 Å². The molecule has 0 saturated carbocycles. The highest BCUT2D eigenvalue weighted by Crippen LogP contribution is 2.23. The van der Waals surface area contributed by atoms with Crippen LogP contribution < -0.4 is 15.4 Å². The topological polar surface area (TPSA) is 104 Å². The second-order valence-electron chi connectivity index (χ2n) is 8.57. The number of anilines is 1. The van der Waals surface area contributed by atoms with E-state index in [2.05, 4.69) is 39.4 Å². The Kier molecular flexibility index (Phi) is 9.01. The molecule has 2 heterocycles. The predicted molar refractivity (Wildman–Crippen MR) is 137 cm³/mol. The quantitative estimate of drug-likeness (QED) is 0.292. The van der Waals surface area contributed by atoms with Gasteiger partial charge in [0, 0.05) is 47.0 Å². The van der Waals surface area contributed by atoms with Crippen molar-refractivity contribution in [3.05, 3.63) is 47.4 Å². The number of aromatic amines is 1. The van der Waals surface area contributed by atoms with Gasteiger partial charge < -0.3 is 9.72 Å². The minimum atomic E-state index is -0.0363. The molecule has 0 aliphatic rings. The van der Waals surface area contributed by atoms with Gasteiger partial charge in [-0.25, -0.2) is 9.97 Å². The third-order valence-corrected chi connectivity index (χ3v) is 5.72. The maximum Gasteiger partial charge on any atom is 0.229 e. The zero-order chi connectivity index (χ0) is 24.5. The van der Waals surface area contributed by atoms with E-state index in [1.165, 1.54) is 0 Å². The van der Waals surface area contributed by atoms with E-state index in [0.717, 1.165) is 59.3 Å². The summed E-state index contributed by atoms with van der Waals surface area (Å²) in [7, 11) is 1.66. The van der Waals surface area contributed by atoms with Gasteiger partial charge in [-0.15, -0.1) is 0 Å². The van der Waals surface area contributed by atoms with Crippen molar-refractivity contribution in [1.29, 1.82) is 0 Å². The molecule has 3 aromatic rings. The van der Waals surface area contributed by atoms with Crippen LogP contribution in [-0.4, -0.2) is 40.5 Å². The Morgan fingerprint density at radius 1 is 1.12 bits per heavy atom. The van der Waals surface area contributed by atoms with E-state index in [1.54, 1.807) is 7.11 Å². The van der Waals surface area contributed by atoms with Crippen LogP contribution in [0.15, 0.2) is 35.5 Å². The van der Waals surface area contributed by atoms with Gasteiger partial charge in [-0.2, -0.15) is 0 Å². The van der Waals surface area contributed by atoms with Gasteiger partial charge in [-0.3, -0.25) is 20.4 Å². The summed E-state index contributed by atoms with van der Waals surface area (Å²) in [5.74, 6) is 1.58. The average Bonchev–Trinajstić information content (AvgIpc) is 3.20. The molecule has 1 aromatic carbocycles. The molecule has 0 spiro atoms. The van der Waals surface area contributed by atoms with Crippen LogP contribution in [0.5, 0.6) is 5.75 Å². The van der Waals surface area contributed by atoms with Gasteiger partial charge in [0.05, 0.1) is 7.11 Å². The first-order chi connectivity index (χ1) is 16.4. The van der Waals surface area contributed by atoms with Gasteiger partial charge in [-0.1, -0.05) is 26.7 Å². The average molecular weight is 465 g/mol. The second-order valence-corrected chi connectivity index (χ2v) is 8.57. The van der Waals surface area contributed by atoms with Gasteiger partial charge in [0.25, 0.3) is 0 Å². The normalized spacial score (nSPS) is 11.8. The molecular formula is C26H36N6O2. The molecule has 0 atom stereocenters. The molecule has 8 nitrogen and oxygen atoms in total. The largest absolute Gasteiger partial charge is 0.497 e. The molecule has 1 amide bonds. The Bertz CT molecular complexity index is 1110. The van der Waals surface area contributed by atoms with E-state index in [4.69, 9.17) is 9.73 Å². The van der Waals surface area contributed by atoms with Crippen molar-refractivity contribution in [2.75, 3.05) is 19.0 Å². The first-order valence-corrected chi connectivity index (χ1v) is 12.0. The van der Waals surface area contributed by atoms with Crippen LogP contribution >= 0.6 is 0 Å². The number of guanidine groups is 1. The van der Waals surface area contributed by atoms with Gasteiger partial charge >= 0.3 is 0 Å². The highest BCUT2D eigenvalue weighted by molar-refractivity contribution is 6.04. The van der Waals surface area contributed by atoms with Crippen LogP contribution in [-0.2, 0) is 11.2 Å². The Morgan fingerprint density at radius 3 is 2.47 bits per heavy atom. The number of rotatable bonds is 10. The molecule has 0 bridgehead atoms. The summed E-state index contributed by atoms with van der Waals surface area (Å²) >= 11 is 0. The molecule has 8 heteroatoms. The molecule has 0 unspecified atom stereocenters. The number of aryl methyl sites for hydroxylation is 2. The minimum Gasteiger partial charge on any atom is -0.497 e. The lowest BCUT2D eigenvalue weighted by Gasteiger charge is -2.17. The van der Waals surface area contributed by atoms with E-state index in [0.29, 0.717) is 24.9 Å². The van der Waals surface area contributed by atoms with E-state index < -0.39 is 0 Å². The number of carbonyl (C=O) groups is 1. The number of H-pyrrole nitrogens is 1. The van der Waals surface area contributed by atoms with Gasteiger partial charge in [0.2, 0.25) is 17.8 Å². The monoisotopic (exact) mass is 464 g/mol. The van der Waals surface area contributed by atoms with Crippen LogP contribution in [0.25, 0.3) is 10.9 Å². The zero-order valence-corrected chi connectivity index (χ0v) is 20.9. The molecule has 0 aliphatic heterocycles. The lowest BCUT2D eigenvalue weighted by atomic mass is 9.97. The second kappa shape index (κ2) is 12.2. The Hall–Kier alpha value is -3.42. The molecule has 0 saturated heterocycles. The van der Waals surface area contributed by atoms with Crippen LogP contribution in [0, 0.1) is 19.8 Å². The van der Waals surface area contributed by atoms with E-state index in [9.17, 15) is 4.79 Å². The summed E-state index contributed by atoms with van der Waals surface area (Å²) in [6, 6.07) is 7.89. The van der Waals surface area contributed by atoms with E-state index in [1.807, 2.05) is 44.3 Å². The van der Waals surface area contributed by atoms with Crippen LogP contribution in [0.3, 0.4) is 0 Å². The summed E-state index contributed by atoms with van der Waals surface area (Å²) < 4.78 is 5.31. The van der Waals surface area contributed by atoms with Crippen LogP contribution in [0.4, 0.5) is 5.95 Å². The molecule has 3 rings (SSSR count). The molecule has 0 fully saturated rings. The fourth-order valence-corrected chi connectivity index (χ4v) is 4.11. The van der Waals surface area contributed by atoms with Crippen LogP contribution in [0.1, 0.15) is 56.5 Å². The molecule has 3 N–H and O–H groups in total. The van der Waals surface area contributed by atoms with Crippen molar-refractivity contribution >= 4 is 28.7 Å². The van der Waals surface area contributed by atoms with Crippen molar-refractivity contribution in [3.63, 3.8) is 0 Å². The van der Waals surface area contributed by atoms with Crippen molar-refractivity contribution in [2.45, 2.75) is 59.8 Å². The molecule has 0 aliphatic carbocycles. The molecule has 182 valence electrons. The summed E-state index contributed by atoms with van der Waals surface area (Å²) in [6.07, 6.45) is 6.34.